The molecule has 0 aliphatic rings. The van der Waals surface area contributed by atoms with Gasteiger partial charge in [0.1, 0.15) is 0 Å². The quantitative estimate of drug-likeness (QED) is 0.784. The summed E-state index contributed by atoms with van der Waals surface area (Å²) in [5.41, 5.74) is 4.31. The van der Waals surface area contributed by atoms with Gasteiger partial charge in [-0.15, -0.1) is 0 Å². The van der Waals surface area contributed by atoms with Crippen LogP contribution in [-0.4, -0.2) is 16.5 Å². The molecule has 0 bridgehead atoms. The third-order valence-corrected chi connectivity index (χ3v) is 3.38. The zero-order valence-corrected chi connectivity index (χ0v) is 11.5. The first-order valence-electron chi connectivity index (χ1n) is 6.88. The summed E-state index contributed by atoms with van der Waals surface area (Å²) >= 11 is 0. The first-order chi connectivity index (χ1) is 9.90. The first-order valence-corrected chi connectivity index (χ1v) is 6.88. The van der Waals surface area contributed by atoms with Crippen molar-refractivity contribution in [2.75, 3.05) is 6.54 Å². The van der Waals surface area contributed by atoms with Crippen molar-refractivity contribution in [3.05, 3.63) is 72.1 Å². The van der Waals surface area contributed by atoms with Crippen LogP contribution in [0.25, 0.3) is 11.0 Å². The van der Waals surface area contributed by atoms with Gasteiger partial charge in [0.2, 0.25) is 0 Å². The molecule has 0 aliphatic carbocycles. The molecule has 0 aliphatic heterocycles. The van der Waals surface area contributed by atoms with Crippen LogP contribution >= 0.6 is 0 Å². The van der Waals surface area contributed by atoms with E-state index in [0.717, 1.165) is 17.6 Å². The lowest BCUT2D eigenvalue weighted by Crippen LogP contribution is -2.22. The van der Waals surface area contributed by atoms with Gasteiger partial charge >= 0.3 is 0 Å². The summed E-state index contributed by atoms with van der Waals surface area (Å²) in [6.45, 7) is 3.02. The predicted octanol–water partition coefficient (Wildman–Crippen LogP) is 3.33. The fraction of sp³-hybridized carbons (Fsp3) is 0.176. The SMILES string of the molecule is CCNC(c1ccccc1)c1cccc2nccnc12. The minimum Gasteiger partial charge on any atom is -0.306 e. The monoisotopic (exact) mass is 263 g/mol. The van der Waals surface area contributed by atoms with Crippen LogP contribution < -0.4 is 5.32 Å². The smallest absolute Gasteiger partial charge is 0.0937 e. The van der Waals surface area contributed by atoms with Crippen LogP contribution in [0.3, 0.4) is 0 Å². The lowest BCUT2D eigenvalue weighted by Gasteiger charge is -2.20. The lowest BCUT2D eigenvalue weighted by atomic mass is 9.97. The second kappa shape index (κ2) is 5.80. The van der Waals surface area contributed by atoms with E-state index in [9.17, 15) is 0 Å². The van der Waals surface area contributed by atoms with E-state index in [-0.39, 0.29) is 6.04 Å². The second-order valence-corrected chi connectivity index (χ2v) is 4.67. The van der Waals surface area contributed by atoms with Crippen molar-refractivity contribution in [2.45, 2.75) is 13.0 Å². The minimum atomic E-state index is 0.140. The summed E-state index contributed by atoms with van der Waals surface area (Å²) in [7, 11) is 0. The molecule has 1 N–H and O–H groups in total. The molecule has 3 heteroatoms. The summed E-state index contributed by atoms with van der Waals surface area (Å²) in [6.07, 6.45) is 3.48. The number of nitrogens with one attached hydrogen (secondary N) is 1. The number of aromatic nitrogens is 2. The highest BCUT2D eigenvalue weighted by Gasteiger charge is 2.16. The Morgan fingerprint density at radius 3 is 2.55 bits per heavy atom. The summed E-state index contributed by atoms with van der Waals surface area (Å²) in [5.74, 6) is 0. The topological polar surface area (TPSA) is 37.8 Å². The molecule has 0 spiro atoms. The standard InChI is InChI=1S/C17H17N3/c1-2-18-16(13-7-4-3-5-8-13)14-9-6-10-15-17(14)20-12-11-19-15/h3-12,16,18H,2H2,1H3. The maximum absolute atomic E-state index is 4.51. The highest BCUT2D eigenvalue weighted by atomic mass is 14.9. The van der Waals surface area contributed by atoms with Crippen molar-refractivity contribution < 1.29 is 0 Å². The van der Waals surface area contributed by atoms with E-state index in [0.29, 0.717) is 0 Å². The average Bonchev–Trinajstić information content (AvgIpc) is 2.53. The molecule has 0 amide bonds. The van der Waals surface area contributed by atoms with Crippen LogP contribution in [0, 0.1) is 0 Å². The average molecular weight is 263 g/mol. The normalized spacial score (nSPS) is 12.4. The number of nitrogens with zero attached hydrogens (tertiary/aromatic N) is 2. The highest BCUT2D eigenvalue weighted by Crippen LogP contribution is 2.26. The molecule has 3 aromatic rings. The third kappa shape index (κ3) is 2.40. The lowest BCUT2D eigenvalue weighted by molar-refractivity contribution is 0.633. The Morgan fingerprint density at radius 1 is 0.950 bits per heavy atom. The van der Waals surface area contributed by atoms with E-state index in [1.165, 1.54) is 11.1 Å². The predicted molar refractivity (Wildman–Crippen MR) is 81.5 cm³/mol. The van der Waals surface area contributed by atoms with Crippen LogP contribution in [0.1, 0.15) is 24.1 Å². The Balaban J connectivity index is 2.15. The largest absolute Gasteiger partial charge is 0.306 e. The number of para-hydroxylation sites is 1. The molecule has 1 unspecified atom stereocenters. The molecule has 20 heavy (non-hydrogen) atoms. The van der Waals surface area contributed by atoms with Gasteiger partial charge in [0, 0.05) is 18.0 Å². The fourth-order valence-electron chi connectivity index (χ4n) is 2.50. The van der Waals surface area contributed by atoms with Crippen LogP contribution in [0.2, 0.25) is 0 Å². The summed E-state index contributed by atoms with van der Waals surface area (Å²) in [5, 5.41) is 3.54. The summed E-state index contributed by atoms with van der Waals surface area (Å²) in [6, 6.07) is 16.8. The number of rotatable bonds is 4. The minimum absolute atomic E-state index is 0.140. The van der Waals surface area contributed by atoms with Gasteiger partial charge in [-0.3, -0.25) is 9.97 Å². The Labute approximate surface area is 118 Å². The molecule has 1 aromatic heterocycles. The number of hydrogen-bond donors (Lipinski definition) is 1. The van der Waals surface area contributed by atoms with Crippen LogP contribution in [-0.2, 0) is 0 Å². The molecular weight excluding hydrogens is 246 g/mol. The highest BCUT2D eigenvalue weighted by molar-refractivity contribution is 5.78. The summed E-state index contributed by atoms with van der Waals surface area (Å²) in [4.78, 5) is 8.90. The van der Waals surface area contributed by atoms with Crippen molar-refractivity contribution in [2.24, 2.45) is 0 Å². The molecule has 0 saturated carbocycles. The van der Waals surface area contributed by atoms with E-state index in [1.54, 1.807) is 12.4 Å². The molecular formula is C17H17N3. The summed E-state index contributed by atoms with van der Waals surface area (Å²) < 4.78 is 0. The van der Waals surface area contributed by atoms with Gasteiger partial charge in [-0.1, -0.05) is 49.4 Å². The van der Waals surface area contributed by atoms with Crippen molar-refractivity contribution in [1.29, 1.82) is 0 Å². The zero-order chi connectivity index (χ0) is 13.8. The van der Waals surface area contributed by atoms with E-state index in [2.05, 4.69) is 52.5 Å². The number of fused-ring (bicyclic) bond motifs is 1. The maximum atomic E-state index is 4.51. The third-order valence-electron chi connectivity index (χ3n) is 3.38. The number of benzene rings is 2. The zero-order valence-electron chi connectivity index (χ0n) is 11.5. The molecule has 0 fully saturated rings. The van der Waals surface area contributed by atoms with Gasteiger partial charge in [-0.2, -0.15) is 0 Å². The molecule has 2 aromatic carbocycles. The maximum Gasteiger partial charge on any atom is 0.0937 e. The first kappa shape index (κ1) is 12.8. The van der Waals surface area contributed by atoms with Gasteiger partial charge in [-0.25, -0.2) is 0 Å². The van der Waals surface area contributed by atoms with Crippen molar-refractivity contribution in [3.8, 4) is 0 Å². The Bertz CT molecular complexity index is 689. The van der Waals surface area contributed by atoms with Crippen LogP contribution in [0.15, 0.2) is 60.9 Å². The Morgan fingerprint density at radius 2 is 1.75 bits per heavy atom. The van der Waals surface area contributed by atoms with Gasteiger partial charge < -0.3 is 5.32 Å². The van der Waals surface area contributed by atoms with Gasteiger partial charge in [0.15, 0.2) is 0 Å². The Kier molecular flexibility index (Phi) is 3.70. The van der Waals surface area contributed by atoms with E-state index in [4.69, 9.17) is 0 Å². The van der Waals surface area contributed by atoms with E-state index < -0.39 is 0 Å². The van der Waals surface area contributed by atoms with E-state index in [1.807, 2.05) is 18.2 Å². The molecule has 3 nitrogen and oxygen atoms in total. The van der Waals surface area contributed by atoms with Gasteiger partial charge in [-0.05, 0) is 18.2 Å². The molecule has 0 saturated heterocycles. The van der Waals surface area contributed by atoms with Crippen molar-refractivity contribution in [1.82, 2.24) is 15.3 Å². The number of hydrogen-bond acceptors (Lipinski definition) is 3. The van der Waals surface area contributed by atoms with Gasteiger partial charge in [0.25, 0.3) is 0 Å². The molecule has 100 valence electrons. The fourth-order valence-corrected chi connectivity index (χ4v) is 2.50. The van der Waals surface area contributed by atoms with Crippen molar-refractivity contribution in [3.63, 3.8) is 0 Å². The van der Waals surface area contributed by atoms with Crippen LogP contribution in [0.4, 0.5) is 0 Å². The molecule has 3 rings (SSSR count). The Hall–Kier alpha value is -2.26. The molecule has 1 atom stereocenters. The van der Waals surface area contributed by atoms with Gasteiger partial charge in [0.05, 0.1) is 17.1 Å². The van der Waals surface area contributed by atoms with E-state index >= 15 is 0 Å². The molecule has 1 heterocycles. The van der Waals surface area contributed by atoms with Crippen molar-refractivity contribution >= 4 is 11.0 Å². The molecule has 0 radical (unpaired) electrons. The van der Waals surface area contributed by atoms with Crippen LogP contribution in [0.5, 0.6) is 0 Å². The second-order valence-electron chi connectivity index (χ2n) is 4.67.